The molecule has 5 heteroatoms. The Morgan fingerprint density at radius 2 is 2.10 bits per heavy atom. The van der Waals surface area contributed by atoms with Crippen molar-refractivity contribution in [2.24, 2.45) is 0 Å². The van der Waals surface area contributed by atoms with Crippen LogP contribution in [-0.4, -0.2) is 36.4 Å². The molecule has 0 spiro atoms. The average Bonchev–Trinajstić information content (AvgIpc) is 2.64. The number of methoxy groups -OCH3 is 1. The van der Waals surface area contributed by atoms with Gasteiger partial charge in [-0.1, -0.05) is 0 Å². The van der Waals surface area contributed by atoms with E-state index >= 15 is 0 Å². The molecule has 10 heavy (non-hydrogen) atoms. The number of carbonyl (C=O) groups excluding carboxylic acids is 1. The van der Waals surface area contributed by atoms with Gasteiger partial charge >= 0.3 is 11.9 Å². The summed E-state index contributed by atoms with van der Waals surface area (Å²) in [6.45, 7) is 0. The molecule has 0 saturated carbocycles. The summed E-state index contributed by atoms with van der Waals surface area (Å²) >= 11 is 0. The molecule has 56 valence electrons. The van der Waals surface area contributed by atoms with E-state index in [1.165, 1.54) is 7.11 Å². The number of rotatable bonds is 2. The molecule has 1 fully saturated rings. The summed E-state index contributed by atoms with van der Waals surface area (Å²) in [5.41, 5.74) is 0. The van der Waals surface area contributed by atoms with E-state index in [9.17, 15) is 9.59 Å². The first-order valence-electron chi connectivity index (χ1n) is 2.63. The molecule has 1 saturated heterocycles. The molecule has 0 aliphatic carbocycles. The monoisotopic (exact) mass is 146 g/mol. The zero-order chi connectivity index (χ0) is 7.72. The average molecular weight is 146 g/mol. The highest BCUT2D eigenvalue weighted by Gasteiger charge is 2.51. The van der Waals surface area contributed by atoms with Gasteiger partial charge in [-0.2, -0.15) is 0 Å². The summed E-state index contributed by atoms with van der Waals surface area (Å²) in [4.78, 5) is 20.5. The van der Waals surface area contributed by atoms with E-state index in [2.05, 4.69) is 9.47 Å². The standard InChI is InChI=1S/C5H6O5/c1-9-5(8)3-2(10-3)4(6)7/h2-3H,1H3,(H,6,7)/t2-,3+/m0/s1. The van der Waals surface area contributed by atoms with Gasteiger partial charge in [0.1, 0.15) is 0 Å². The molecule has 5 nitrogen and oxygen atoms in total. The lowest BCUT2D eigenvalue weighted by atomic mass is 10.3. The smallest absolute Gasteiger partial charge is 0.338 e. The second kappa shape index (κ2) is 2.26. The van der Waals surface area contributed by atoms with Gasteiger partial charge in [-0.3, -0.25) is 0 Å². The molecule has 1 N–H and O–H groups in total. The summed E-state index contributed by atoms with van der Waals surface area (Å²) in [6.07, 6.45) is -1.88. The van der Waals surface area contributed by atoms with E-state index in [4.69, 9.17) is 5.11 Å². The van der Waals surface area contributed by atoms with Crippen LogP contribution in [0.25, 0.3) is 0 Å². The molecular weight excluding hydrogens is 140 g/mol. The molecule has 0 radical (unpaired) electrons. The number of carbonyl (C=O) groups is 2. The largest absolute Gasteiger partial charge is 0.479 e. The van der Waals surface area contributed by atoms with Crippen LogP contribution in [0.5, 0.6) is 0 Å². The maximum Gasteiger partial charge on any atom is 0.338 e. The van der Waals surface area contributed by atoms with Crippen LogP contribution in [0.4, 0.5) is 0 Å². The van der Waals surface area contributed by atoms with Gasteiger partial charge in [0.2, 0.25) is 0 Å². The first-order valence-corrected chi connectivity index (χ1v) is 2.63. The number of carboxylic acid groups (broad SMARTS) is 1. The Morgan fingerprint density at radius 3 is 2.40 bits per heavy atom. The lowest BCUT2D eigenvalue weighted by Gasteiger charge is -1.88. The number of carboxylic acids is 1. The summed E-state index contributed by atoms with van der Waals surface area (Å²) in [5, 5.41) is 8.24. The van der Waals surface area contributed by atoms with Crippen LogP contribution in [0.15, 0.2) is 0 Å². The zero-order valence-electron chi connectivity index (χ0n) is 5.23. The van der Waals surface area contributed by atoms with Gasteiger partial charge < -0.3 is 14.6 Å². The van der Waals surface area contributed by atoms with Gasteiger partial charge in [-0.15, -0.1) is 0 Å². The molecular formula is C5H6O5. The highest BCUT2D eigenvalue weighted by atomic mass is 16.6. The van der Waals surface area contributed by atoms with Crippen molar-refractivity contribution in [1.82, 2.24) is 0 Å². The van der Waals surface area contributed by atoms with Crippen LogP contribution < -0.4 is 0 Å². The Balaban J connectivity index is 2.38. The number of ether oxygens (including phenoxy) is 2. The highest BCUT2D eigenvalue weighted by molar-refractivity contribution is 5.88. The van der Waals surface area contributed by atoms with E-state index < -0.39 is 24.1 Å². The Bertz CT molecular complexity index is 175. The Kier molecular flexibility index (Phi) is 1.58. The van der Waals surface area contributed by atoms with Gasteiger partial charge in [0.25, 0.3) is 0 Å². The van der Waals surface area contributed by atoms with Crippen LogP contribution in [-0.2, 0) is 19.1 Å². The molecule has 0 bridgehead atoms. The fraction of sp³-hybridized carbons (Fsp3) is 0.600. The minimum Gasteiger partial charge on any atom is -0.479 e. The van der Waals surface area contributed by atoms with Crippen molar-refractivity contribution in [2.75, 3.05) is 7.11 Å². The van der Waals surface area contributed by atoms with Crippen molar-refractivity contribution in [1.29, 1.82) is 0 Å². The maximum atomic E-state index is 10.5. The van der Waals surface area contributed by atoms with Crippen LogP contribution in [0.1, 0.15) is 0 Å². The topological polar surface area (TPSA) is 76.1 Å². The maximum absolute atomic E-state index is 10.5. The molecule has 0 aromatic rings. The van der Waals surface area contributed by atoms with E-state index in [0.29, 0.717) is 0 Å². The van der Waals surface area contributed by atoms with Gasteiger partial charge in [-0.25, -0.2) is 9.59 Å². The van der Waals surface area contributed by atoms with E-state index in [-0.39, 0.29) is 0 Å². The summed E-state index contributed by atoms with van der Waals surface area (Å²) in [6, 6.07) is 0. The first-order chi connectivity index (χ1) is 4.66. The number of hydrogen-bond donors (Lipinski definition) is 1. The predicted molar refractivity (Wildman–Crippen MR) is 28.3 cm³/mol. The summed E-state index contributed by atoms with van der Waals surface area (Å²) in [7, 11) is 1.18. The molecule has 2 atom stereocenters. The SMILES string of the molecule is COC(=O)[C@@H]1O[C@@H]1C(=O)O. The third-order valence-electron chi connectivity index (χ3n) is 1.17. The second-order valence-corrected chi connectivity index (χ2v) is 1.84. The molecule has 0 aromatic heterocycles. The van der Waals surface area contributed by atoms with Crippen LogP contribution in [0, 0.1) is 0 Å². The highest BCUT2D eigenvalue weighted by Crippen LogP contribution is 2.22. The summed E-state index contributed by atoms with van der Waals surface area (Å²) in [5.74, 6) is -1.76. The third kappa shape index (κ3) is 1.08. The molecule has 1 rings (SSSR count). The van der Waals surface area contributed by atoms with Crippen molar-refractivity contribution in [3.63, 3.8) is 0 Å². The van der Waals surface area contributed by atoms with Crippen molar-refractivity contribution in [3.8, 4) is 0 Å². The Hall–Kier alpha value is -1.10. The number of hydrogen-bond acceptors (Lipinski definition) is 4. The fourth-order valence-electron chi connectivity index (χ4n) is 0.596. The fourth-order valence-corrected chi connectivity index (χ4v) is 0.596. The third-order valence-corrected chi connectivity index (χ3v) is 1.17. The number of epoxide rings is 1. The number of esters is 1. The Labute approximate surface area is 56.5 Å². The summed E-state index contributed by atoms with van der Waals surface area (Å²) < 4.78 is 8.68. The minimum absolute atomic E-state index is 0.632. The second-order valence-electron chi connectivity index (χ2n) is 1.84. The van der Waals surface area contributed by atoms with E-state index in [1.54, 1.807) is 0 Å². The van der Waals surface area contributed by atoms with Gasteiger partial charge in [0.15, 0.2) is 12.2 Å². The molecule has 0 unspecified atom stereocenters. The quantitative estimate of drug-likeness (QED) is 0.400. The normalized spacial score (nSPS) is 29.3. The van der Waals surface area contributed by atoms with Crippen molar-refractivity contribution < 1.29 is 24.2 Å². The van der Waals surface area contributed by atoms with Gasteiger partial charge in [0.05, 0.1) is 7.11 Å². The molecule has 1 aliphatic heterocycles. The number of aliphatic carboxylic acids is 1. The van der Waals surface area contributed by atoms with Crippen LogP contribution in [0.2, 0.25) is 0 Å². The van der Waals surface area contributed by atoms with Crippen molar-refractivity contribution >= 4 is 11.9 Å². The predicted octanol–water partition coefficient (Wildman–Crippen LogP) is -0.989. The lowest BCUT2D eigenvalue weighted by molar-refractivity contribution is -0.143. The Morgan fingerprint density at radius 1 is 1.50 bits per heavy atom. The van der Waals surface area contributed by atoms with Gasteiger partial charge in [0, 0.05) is 0 Å². The van der Waals surface area contributed by atoms with Gasteiger partial charge in [-0.05, 0) is 0 Å². The zero-order valence-corrected chi connectivity index (χ0v) is 5.23. The minimum atomic E-state index is -1.13. The van der Waals surface area contributed by atoms with Crippen molar-refractivity contribution in [2.45, 2.75) is 12.2 Å². The molecule has 1 aliphatic rings. The van der Waals surface area contributed by atoms with Crippen LogP contribution >= 0.6 is 0 Å². The molecule has 1 heterocycles. The van der Waals surface area contributed by atoms with Crippen LogP contribution in [0.3, 0.4) is 0 Å². The first kappa shape index (κ1) is 7.01. The van der Waals surface area contributed by atoms with Crippen molar-refractivity contribution in [3.05, 3.63) is 0 Å². The van der Waals surface area contributed by atoms with E-state index in [1.807, 2.05) is 0 Å². The molecule has 0 aromatic carbocycles. The van der Waals surface area contributed by atoms with E-state index in [0.717, 1.165) is 0 Å². The lowest BCUT2D eigenvalue weighted by Crippen LogP contribution is -2.16. The molecule has 0 amide bonds.